The third-order valence-electron chi connectivity index (χ3n) is 2.34. The van der Waals surface area contributed by atoms with Gasteiger partial charge in [0, 0.05) is 6.61 Å². The molecular formula is C12H18O3. The molecule has 1 aromatic rings. The number of hydrogen-bond acceptors (Lipinski definition) is 3. The summed E-state index contributed by atoms with van der Waals surface area (Å²) < 4.78 is 10.4. The zero-order valence-corrected chi connectivity index (χ0v) is 9.49. The highest BCUT2D eigenvalue weighted by Crippen LogP contribution is 2.28. The Morgan fingerprint density at radius 2 is 1.87 bits per heavy atom. The number of benzene rings is 1. The summed E-state index contributed by atoms with van der Waals surface area (Å²) in [6.45, 7) is 2.21. The Labute approximate surface area is 90.6 Å². The molecule has 0 aliphatic rings. The second-order valence-corrected chi connectivity index (χ2v) is 3.68. The molecule has 3 heteroatoms. The molecule has 0 bridgehead atoms. The fourth-order valence-corrected chi connectivity index (χ4v) is 1.47. The Balaban J connectivity index is 2.83. The van der Waals surface area contributed by atoms with Crippen LogP contribution in [-0.4, -0.2) is 25.9 Å². The summed E-state index contributed by atoms with van der Waals surface area (Å²) >= 11 is 0. The van der Waals surface area contributed by atoms with Crippen LogP contribution in [0.2, 0.25) is 0 Å². The van der Waals surface area contributed by atoms with E-state index in [0.29, 0.717) is 0 Å². The Kier molecular flexibility index (Phi) is 4.43. The van der Waals surface area contributed by atoms with Crippen molar-refractivity contribution in [2.75, 3.05) is 20.8 Å². The maximum atomic E-state index is 8.97. The minimum absolute atomic E-state index is 0.203. The first-order chi connectivity index (χ1) is 7.21. The van der Waals surface area contributed by atoms with Crippen LogP contribution in [0.1, 0.15) is 12.5 Å². The lowest BCUT2D eigenvalue weighted by Crippen LogP contribution is -2.04. The van der Waals surface area contributed by atoms with Gasteiger partial charge in [0.05, 0.1) is 14.2 Å². The highest BCUT2D eigenvalue weighted by molar-refractivity contribution is 5.42. The van der Waals surface area contributed by atoms with E-state index in [9.17, 15) is 0 Å². The molecule has 0 aliphatic heterocycles. The average Bonchev–Trinajstić information content (AvgIpc) is 2.28. The number of hydrogen-bond donors (Lipinski definition) is 1. The monoisotopic (exact) mass is 210 g/mol. The fourth-order valence-electron chi connectivity index (χ4n) is 1.47. The SMILES string of the molecule is COc1ccc(C[C@H](C)CO)cc1OC. The first-order valence-electron chi connectivity index (χ1n) is 5.03. The summed E-state index contributed by atoms with van der Waals surface area (Å²) in [7, 11) is 3.24. The molecule has 0 spiro atoms. The molecule has 0 aliphatic carbocycles. The van der Waals surface area contributed by atoms with E-state index in [-0.39, 0.29) is 12.5 Å². The van der Waals surface area contributed by atoms with Crippen LogP contribution in [0.15, 0.2) is 18.2 Å². The highest BCUT2D eigenvalue weighted by Gasteiger charge is 2.07. The van der Waals surface area contributed by atoms with Gasteiger partial charge in [0.1, 0.15) is 0 Å². The second kappa shape index (κ2) is 5.61. The molecule has 1 rings (SSSR count). The maximum absolute atomic E-state index is 8.97. The third-order valence-corrected chi connectivity index (χ3v) is 2.34. The second-order valence-electron chi connectivity index (χ2n) is 3.68. The summed E-state index contributed by atoms with van der Waals surface area (Å²) in [4.78, 5) is 0. The van der Waals surface area contributed by atoms with E-state index >= 15 is 0 Å². The molecule has 0 fully saturated rings. The molecule has 0 saturated carbocycles. The number of rotatable bonds is 5. The van der Waals surface area contributed by atoms with Crippen LogP contribution in [-0.2, 0) is 6.42 Å². The summed E-state index contributed by atoms with van der Waals surface area (Å²) in [6, 6.07) is 5.83. The number of aliphatic hydroxyl groups excluding tert-OH is 1. The van der Waals surface area contributed by atoms with Crippen molar-refractivity contribution in [2.45, 2.75) is 13.3 Å². The lowest BCUT2D eigenvalue weighted by molar-refractivity contribution is 0.237. The molecule has 0 unspecified atom stereocenters. The van der Waals surface area contributed by atoms with Crippen LogP contribution in [0.25, 0.3) is 0 Å². The molecule has 0 radical (unpaired) electrons. The van der Waals surface area contributed by atoms with Crippen molar-refractivity contribution >= 4 is 0 Å². The zero-order chi connectivity index (χ0) is 11.3. The van der Waals surface area contributed by atoms with Crippen LogP contribution in [0, 0.1) is 5.92 Å². The molecular weight excluding hydrogens is 192 g/mol. The van der Waals surface area contributed by atoms with E-state index in [1.54, 1.807) is 14.2 Å². The molecule has 15 heavy (non-hydrogen) atoms. The highest BCUT2D eigenvalue weighted by atomic mass is 16.5. The minimum atomic E-state index is 0.203. The average molecular weight is 210 g/mol. The molecule has 0 heterocycles. The van der Waals surface area contributed by atoms with Crippen molar-refractivity contribution in [1.82, 2.24) is 0 Å². The quantitative estimate of drug-likeness (QED) is 0.806. The first-order valence-corrected chi connectivity index (χ1v) is 5.03. The molecule has 0 amide bonds. The van der Waals surface area contributed by atoms with Gasteiger partial charge in [-0.25, -0.2) is 0 Å². The van der Waals surface area contributed by atoms with Crippen molar-refractivity contribution in [1.29, 1.82) is 0 Å². The van der Waals surface area contributed by atoms with E-state index in [4.69, 9.17) is 14.6 Å². The molecule has 1 N–H and O–H groups in total. The smallest absolute Gasteiger partial charge is 0.160 e. The lowest BCUT2D eigenvalue weighted by atomic mass is 10.0. The molecule has 1 atom stereocenters. The minimum Gasteiger partial charge on any atom is -0.493 e. The van der Waals surface area contributed by atoms with Crippen LogP contribution < -0.4 is 9.47 Å². The standard InChI is InChI=1S/C12H18O3/c1-9(8-13)6-10-4-5-11(14-2)12(7-10)15-3/h4-5,7,9,13H,6,8H2,1-3H3/t9-/m0/s1. The van der Waals surface area contributed by atoms with Crippen LogP contribution in [0.4, 0.5) is 0 Å². The van der Waals surface area contributed by atoms with Crippen molar-refractivity contribution in [3.63, 3.8) is 0 Å². The largest absolute Gasteiger partial charge is 0.493 e. The Bertz CT molecular complexity index is 310. The fraction of sp³-hybridized carbons (Fsp3) is 0.500. The molecule has 0 saturated heterocycles. The van der Waals surface area contributed by atoms with E-state index in [1.807, 2.05) is 25.1 Å². The molecule has 84 valence electrons. The Hall–Kier alpha value is -1.22. The van der Waals surface area contributed by atoms with Crippen LogP contribution >= 0.6 is 0 Å². The zero-order valence-electron chi connectivity index (χ0n) is 9.49. The summed E-state index contributed by atoms with van der Waals surface area (Å²) in [5, 5.41) is 8.97. The van der Waals surface area contributed by atoms with Gasteiger partial charge >= 0.3 is 0 Å². The maximum Gasteiger partial charge on any atom is 0.160 e. The number of aliphatic hydroxyl groups is 1. The number of methoxy groups -OCH3 is 2. The van der Waals surface area contributed by atoms with Crippen molar-refractivity contribution < 1.29 is 14.6 Å². The van der Waals surface area contributed by atoms with Gasteiger partial charge in [-0.15, -0.1) is 0 Å². The van der Waals surface area contributed by atoms with Gasteiger partial charge in [0.2, 0.25) is 0 Å². The van der Waals surface area contributed by atoms with Crippen LogP contribution in [0.5, 0.6) is 11.5 Å². The van der Waals surface area contributed by atoms with Crippen molar-refractivity contribution in [3.8, 4) is 11.5 Å². The molecule has 0 aromatic heterocycles. The van der Waals surface area contributed by atoms with Gasteiger partial charge in [0.25, 0.3) is 0 Å². The predicted octanol–water partition coefficient (Wildman–Crippen LogP) is 1.87. The summed E-state index contributed by atoms with van der Waals surface area (Å²) in [5.41, 5.74) is 1.15. The summed E-state index contributed by atoms with van der Waals surface area (Å²) in [6.07, 6.45) is 0.844. The van der Waals surface area contributed by atoms with E-state index in [0.717, 1.165) is 23.5 Å². The lowest BCUT2D eigenvalue weighted by Gasteiger charge is -2.11. The van der Waals surface area contributed by atoms with Crippen molar-refractivity contribution in [3.05, 3.63) is 23.8 Å². The predicted molar refractivity (Wildman–Crippen MR) is 59.5 cm³/mol. The van der Waals surface area contributed by atoms with Gasteiger partial charge < -0.3 is 14.6 Å². The van der Waals surface area contributed by atoms with E-state index in [2.05, 4.69) is 0 Å². The van der Waals surface area contributed by atoms with Gasteiger partial charge in [-0.3, -0.25) is 0 Å². The Morgan fingerprint density at radius 3 is 2.40 bits per heavy atom. The topological polar surface area (TPSA) is 38.7 Å². The van der Waals surface area contributed by atoms with Gasteiger partial charge in [-0.1, -0.05) is 13.0 Å². The van der Waals surface area contributed by atoms with Gasteiger partial charge in [0.15, 0.2) is 11.5 Å². The summed E-state index contributed by atoms with van der Waals surface area (Å²) in [5.74, 6) is 1.74. The van der Waals surface area contributed by atoms with E-state index in [1.165, 1.54) is 0 Å². The van der Waals surface area contributed by atoms with Gasteiger partial charge in [-0.05, 0) is 30.0 Å². The van der Waals surface area contributed by atoms with E-state index < -0.39 is 0 Å². The van der Waals surface area contributed by atoms with Gasteiger partial charge in [-0.2, -0.15) is 0 Å². The third kappa shape index (κ3) is 3.13. The molecule has 1 aromatic carbocycles. The van der Waals surface area contributed by atoms with Crippen molar-refractivity contribution in [2.24, 2.45) is 5.92 Å². The number of ether oxygens (including phenoxy) is 2. The normalized spacial score (nSPS) is 12.3. The Morgan fingerprint density at radius 1 is 1.20 bits per heavy atom. The molecule has 3 nitrogen and oxygen atoms in total. The van der Waals surface area contributed by atoms with Crippen LogP contribution in [0.3, 0.4) is 0 Å². The first kappa shape index (κ1) is 11.9.